The van der Waals surface area contributed by atoms with E-state index >= 15 is 0 Å². The topological polar surface area (TPSA) is 49.6 Å². The van der Waals surface area contributed by atoms with Crippen LogP contribution < -0.4 is 0 Å². The van der Waals surface area contributed by atoms with Crippen molar-refractivity contribution in [1.82, 2.24) is 9.97 Å². The molecular weight excluding hydrogens is 246 g/mol. The highest BCUT2D eigenvalue weighted by molar-refractivity contribution is 5.66. The Hall–Kier alpha value is -2.21. The molecule has 3 nitrogen and oxygen atoms in total. The van der Waals surface area contributed by atoms with Crippen LogP contribution in [0.3, 0.4) is 0 Å². The average molecular weight is 263 g/mol. The minimum absolute atomic E-state index is 0.427. The van der Waals surface area contributed by atoms with Crippen LogP contribution in [0.4, 0.5) is 0 Å². The Morgan fingerprint density at radius 2 is 1.85 bits per heavy atom. The molecule has 0 aliphatic heterocycles. The fourth-order valence-electron chi connectivity index (χ4n) is 2.48. The maximum absolute atomic E-state index is 9.28. The summed E-state index contributed by atoms with van der Waals surface area (Å²) in [5.74, 6) is 0.676. The summed E-state index contributed by atoms with van der Waals surface area (Å²) < 4.78 is 0. The van der Waals surface area contributed by atoms with Crippen molar-refractivity contribution in [1.29, 1.82) is 5.26 Å². The molecule has 0 unspecified atom stereocenters. The number of benzene rings is 1. The molecule has 3 heteroatoms. The molecule has 0 bridgehead atoms. The minimum atomic E-state index is -0.427. The molecule has 0 spiro atoms. The maximum atomic E-state index is 9.28. The number of nitrogens with zero attached hydrogens (tertiary/aromatic N) is 3. The van der Waals surface area contributed by atoms with Crippen molar-refractivity contribution in [2.24, 2.45) is 0 Å². The van der Waals surface area contributed by atoms with Crippen LogP contribution in [-0.4, -0.2) is 9.97 Å². The molecule has 1 heterocycles. The van der Waals surface area contributed by atoms with Crippen LogP contribution in [0, 0.1) is 32.1 Å². The first-order valence-corrected chi connectivity index (χ1v) is 6.89. The maximum Gasteiger partial charge on any atom is 0.149 e. The van der Waals surface area contributed by atoms with Crippen LogP contribution >= 0.6 is 0 Å². The molecule has 0 radical (unpaired) electrons. The first-order chi connectivity index (χ1) is 9.57. The molecule has 2 aromatic rings. The van der Waals surface area contributed by atoms with E-state index < -0.39 is 5.41 Å². The summed E-state index contributed by atoms with van der Waals surface area (Å²) in [6.07, 6.45) is 3.52. The molecule has 0 saturated heterocycles. The quantitative estimate of drug-likeness (QED) is 0.831. The second kappa shape index (κ2) is 4.42. The van der Waals surface area contributed by atoms with Gasteiger partial charge in [-0.2, -0.15) is 5.26 Å². The highest BCUT2D eigenvalue weighted by Crippen LogP contribution is 2.46. The van der Waals surface area contributed by atoms with Crippen molar-refractivity contribution < 1.29 is 0 Å². The van der Waals surface area contributed by atoms with E-state index in [-0.39, 0.29) is 0 Å². The summed E-state index contributed by atoms with van der Waals surface area (Å²) in [7, 11) is 0. The fraction of sp³-hybridized carbons (Fsp3) is 0.353. The highest BCUT2D eigenvalue weighted by Gasteiger charge is 2.47. The average Bonchev–Trinajstić information content (AvgIpc) is 3.26. The predicted molar refractivity (Wildman–Crippen MR) is 78.2 cm³/mol. The minimum Gasteiger partial charge on any atom is -0.240 e. The van der Waals surface area contributed by atoms with Crippen LogP contribution in [-0.2, 0) is 5.41 Å². The van der Waals surface area contributed by atoms with E-state index in [1.807, 2.05) is 6.07 Å². The van der Waals surface area contributed by atoms with Gasteiger partial charge in [-0.15, -0.1) is 0 Å². The summed E-state index contributed by atoms with van der Waals surface area (Å²) in [5, 5.41) is 9.28. The van der Waals surface area contributed by atoms with Crippen LogP contribution in [0.2, 0.25) is 0 Å². The van der Waals surface area contributed by atoms with Crippen LogP contribution in [0.25, 0.3) is 11.3 Å². The lowest BCUT2D eigenvalue weighted by molar-refractivity contribution is 0.798. The second-order valence-corrected chi connectivity index (χ2v) is 5.64. The molecule has 1 saturated carbocycles. The SMILES string of the molecule is Cc1ccc(-c2ccnc(C3(C#N)CC3)n2)c(C)c1C. The van der Waals surface area contributed by atoms with E-state index in [0.29, 0.717) is 5.82 Å². The lowest BCUT2D eigenvalue weighted by atomic mass is 9.96. The largest absolute Gasteiger partial charge is 0.240 e. The van der Waals surface area contributed by atoms with E-state index in [9.17, 15) is 5.26 Å². The zero-order valence-corrected chi connectivity index (χ0v) is 12.1. The Labute approximate surface area is 119 Å². The van der Waals surface area contributed by atoms with Crippen LogP contribution in [0.15, 0.2) is 24.4 Å². The van der Waals surface area contributed by atoms with Crippen molar-refractivity contribution in [3.63, 3.8) is 0 Å². The summed E-state index contributed by atoms with van der Waals surface area (Å²) in [6, 6.07) is 8.51. The van der Waals surface area contributed by atoms with Gasteiger partial charge < -0.3 is 0 Å². The van der Waals surface area contributed by atoms with Crippen molar-refractivity contribution in [3.05, 3.63) is 46.9 Å². The number of aryl methyl sites for hydroxylation is 1. The molecule has 0 amide bonds. The van der Waals surface area contributed by atoms with Gasteiger partial charge in [-0.3, -0.25) is 0 Å². The van der Waals surface area contributed by atoms with Gasteiger partial charge >= 0.3 is 0 Å². The second-order valence-electron chi connectivity index (χ2n) is 5.64. The third kappa shape index (κ3) is 1.89. The molecule has 0 N–H and O–H groups in total. The summed E-state index contributed by atoms with van der Waals surface area (Å²) in [6.45, 7) is 6.37. The Morgan fingerprint density at radius 1 is 1.10 bits per heavy atom. The molecular formula is C17H17N3. The monoisotopic (exact) mass is 263 g/mol. The van der Waals surface area contributed by atoms with Gasteiger partial charge in [0.25, 0.3) is 0 Å². The molecule has 1 aromatic carbocycles. The molecule has 3 rings (SSSR count). The summed E-state index contributed by atoms with van der Waals surface area (Å²) in [5.41, 5.74) is 5.45. The van der Waals surface area contributed by atoms with E-state index in [1.165, 1.54) is 16.7 Å². The van der Waals surface area contributed by atoms with Gasteiger partial charge in [0.15, 0.2) is 0 Å². The molecule has 20 heavy (non-hydrogen) atoms. The zero-order valence-electron chi connectivity index (χ0n) is 12.1. The lowest BCUT2D eigenvalue weighted by Crippen LogP contribution is -2.09. The third-order valence-corrected chi connectivity index (χ3v) is 4.38. The number of aromatic nitrogens is 2. The summed E-state index contributed by atoms with van der Waals surface area (Å²) in [4.78, 5) is 8.95. The first kappa shape index (κ1) is 12.8. The van der Waals surface area contributed by atoms with E-state index in [4.69, 9.17) is 0 Å². The molecule has 100 valence electrons. The lowest BCUT2D eigenvalue weighted by Gasteiger charge is -2.12. The number of nitriles is 1. The van der Waals surface area contributed by atoms with Crippen LogP contribution in [0.1, 0.15) is 35.4 Å². The molecule has 1 fully saturated rings. The van der Waals surface area contributed by atoms with Crippen molar-refractivity contribution in [2.75, 3.05) is 0 Å². The number of hydrogen-bond donors (Lipinski definition) is 0. The molecule has 1 aliphatic carbocycles. The third-order valence-electron chi connectivity index (χ3n) is 4.38. The van der Waals surface area contributed by atoms with Gasteiger partial charge in [0.1, 0.15) is 11.2 Å². The standard InChI is InChI=1S/C17H17N3/c1-11-4-5-14(13(3)12(11)2)15-6-9-19-16(20-15)17(10-18)7-8-17/h4-6,9H,7-8H2,1-3H3. The highest BCUT2D eigenvalue weighted by atomic mass is 14.9. The molecule has 1 aromatic heterocycles. The predicted octanol–water partition coefficient (Wildman–Crippen LogP) is 3.62. The Kier molecular flexibility index (Phi) is 2.83. The Balaban J connectivity index is 2.11. The Morgan fingerprint density at radius 3 is 2.50 bits per heavy atom. The van der Waals surface area contributed by atoms with Crippen molar-refractivity contribution in [3.8, 4) is 17.3 Å². The van der Waals surface area contributed by atoms with Gasteiger partial charge in [-0.25, -0.2) is 9.97 Å². The summed E-state index contributed by atoms with van der Waals surface area (Å²) >= 11 is 0. The van der Waals surface area contributed by atoms with Gasteiger partial charge in [0.05, 0.1) is 11.8 Å². The number of hydrogen-bond acceptors (Lipinski definition) is 3. The first-order valence-electron chi connectivity index (χ1n) is 6.89. The van der Waals surface area contributed by atoms with E-state index in [1.54, 1.807) is 6.20 Å². The van der Waals surface area contributed by atoms with Crippen molar-refractivity contribution >= 4 is 0 Å². The van der Waals surface area contributed by atoms with E-state index in [2.05, 4.69) is 48.9 Å². The van der Waals surface area contributed by atoms with Gasteiger partial charge in [0, 0.05) is 11.8 Å². The van der Waals surface area contributed by atoms with E-state index in [0.717, 1.165) is 24.1 Å². The van der Waals surface area contributed by atoms with Gasteiger partial charge in [0.2, 0.25) is 0 Å². The number of rotatable bonds is 2. The smallest absolute Gasteiger partial charge is 0.149 e. The fourth-order valence-corrected chi connectivity index (χ4v) is 2.48. The normalized spacial score (nSPS) is 15.7. The molecule has 0 atom stereocenters. The molecule has 1 aliphatic rings. The van der Waals surface area contributed by atoms with Gasteiger partial charge in [-0.1, -0.05) is 12.1 Å². The van der Waals surface area contributed by atoms with Gasteiger partial charge in [-0.05, 0) is 56.4 Å². The zero-order chi connectivity index (χ0) is 14.3. The van der Waals surface area contributed by atoms with Crippen molar-refractivity contribution in [2.45, 2.75) is 39.0 Å². The Bertz CT molecular complexity index is 722. The van der Waals surface area contributed by atoms with Crippen LogP contribution in [0.5, 0.6) is 0 Å².